The Bertz CT molecular complexity index is 793. The van der Waals surface area contributed by atoms with Crippen LogP contribution in [0.2, 0.25) is 0 Å². The maximum atomic E-state index is 12.5. The lowest BCUT2D eigenvalue weighted by Crippen LogP contribution is -2.18. The van der Waals surface area contributed by atoms with Crippen molar-refractivity contribution < 1.29 is 13.9 Å². The van der Waals surface area contributed by atoms with E-state index >= 15 is 0 Å². The van der Waals surface area contributed by atoms with Gasteiger partial charge in [-0.2, -0.15) is 0 Å². The van der Waals surface area contributed by atoms with Gasteiger partial charge in [0.15, 0.2) is 5.78 Å². The zero-order valence-electron chi connectivity index (χ0n) is 14.1. The molecule has 0 radical (unpaired) electrons. The SMILES string of the molecule is C[C@@H](CC[S@@](C)=O)Nc1ccc(C(=O)c2ccccc2)cc1[N+](=O)[O-]. The molecule has 2 aromatic rings. The molecular weight excluding hydrogens is 340 g/mol. The Balaban J connectivity index is 2.24. The zero-order chi connectivity index (χ0) is 18.4. The van der Waals surface area contributed by atoms with E-state index in [-0.39, 0.29) is 23.1 Å². The van der Waals surface area contributed by atoms with Crippen molar-refractivity contribution in [3.63, 3.8) is 0 Å². The van der Waals surface area contributed by atoms with Crippen LogP contribution in [0, 0.1) is 10.1 Å². The predicted molar refractivity (Wildman–Crippen MR) is 99.6 cm³/mol. The van der Waals surface area contributed by atoms with Gasteiger partial charge < -0.3 is 5.32 Å². The number of hydrogen-bond acceptors (Lipinski definition) is 5. The number of ketones is 1. The third kappa shape index (κ3) is 5.22. The molecular formula is C18H20N2O4S. The highest BCUT2D eigenvalue weighted by atomic mass is 32.2. The first-order chi connectivity index (χ1) is 11.9. The van der Waals surface area contributed by atoms with Gasteiger partial charge >= 0.3 is 0 Å². The van der Waals surface area contributed by atoms with E-state index in [0.29, 0.717) is 23.4 Å². The number of nitro benzene ring substituents is 1. The Morgan fingerprint density at radius 2 is 1.88 bits per heavy atom. The van der Waals surface area contributed by atoms with E-state index in [0.717, 1.165) is 0 Å². The smallest absolute Gasteiger partial charge is 0.293 e. The fourth-order valence-corrected chi connectivity index (χ4v) is 3.07. The van der Waals surface area contributed by atoms with E-state index in [1.807, 2.05) is 6.92 Å². The van der Waals surface area contributed by atoms with Crippen molar-refractivity contribution in [2.75, 3.05) is 17.3 Å². The van der Waals surface area contributed by atoms with Crippen LogP contribution in [0.15, 0.2) is 48.5 Å². The van der Waals surface area contributed by atoms with Crippen LogP contribution in [0.4, 0.5) is 11.4 Å². The average molecular weight is 360 g/mol. The summed E-state index contributed by atoms with van der Waals surface area (Å²) in [6.45, 7) is 1.87. The Hall–Kier alpha value is -2.54. The Morgan fingerprint density at radius 1 is 1.20 bits per heavy atom. The van der Waals surface area contributed by atoms with E-state index in [1.165, 1.54) is 6.07 Å². The molecule has 0 aliphatic heterocycles. The lowest BCUT2D eigenvalue weighted by molar-refractivity contribution is -0.384. The highest BCUT2D eigenvalue weighted by Gasteiger charge is 2.19. The maximum absolute atomic E-state index is 12.5. The Kier molecular flexibility index (Phi) is 6.41. The van der Waals surface area contributed by atoms with Crippen molar-refractivity contribution in [1.29, 1.82) is 0 Å². The van der Waals surface area contributed by atoms with Gasteiger partial charge in [-0.25, -0.2) is 0 Å². The van der Waals surface area contributed by atoms with E-state index in [1.54, 1.807) is 48.7 Å². The second-order valence-electron chi connectivity index (χ2n) is 5.80. The van der Waals surface area contributed by atoms with Crippen LogP contribution in [-0.2, 0) is 10.8 Å². The number of rotatable bonds is 8. The van der Waals surface area contributed by atoms with Gasteiger partial charge in [-0.1, -0.05) is 30.3 Å². The molecule has 0 amide bonds. The topological polar surface area (TPSA) is 89.3 Å². The summed E-state index contributed by atoms with van der Waals surface area (Å²) in [5, 5.41) is 14.5. The van der Waals surface area contributed by atoms with Gasteiger partial charge in [-0.05, 0) is 25.5 Å². The molecule has 2 rings (SSSR count). The van der Waals surface area contributed by atoms with Crippen LogP contribution < -0.4 is 5.32 Å². The first-order valence-corrected chi connectivity index (χ1v) is 9.56. The molecule has 2 aromatic carbocycles. The highest BCUT2D eigenvalue weighted by Crippen LogP contribution is 2.27. The fourth-order valence-electron chi connectivity index (χ4n) is 2.38. The normalized spacial score (nSPS) is 13.0. The molecule has 0 unspecified atom stereocenters. The summed E-state index contributed by atoms with van der Waals surface area (Å²) in [6, 6.07) is 13.0. The quantitative estimate of drug-likeness (QED) is 0.443. The number of hydrogen-bond donors (Lipinski definition) is 1. The van der Waals surface area contributed by atoms with Gasteiger partial charge in [0, 0.05) is 46.0 Å². The molecule has 132 valence electrons. The summed E-state index contributed by atoms with van der Waals surface area (Å²) in [6.07, 6.45) is 2.25. The highest BCUT2D eigenvalue weighted by molar-refractivity contribution is 7.84. The van der Waals surface area contributed by atoms with Crippen LogP contribution in [0.3, 0.4) is 0 Å². The number of nitrogens with zero attached hydrogens (tertiary/aromatic N) is 1. The number of nitrogens with one attached hydrogen (secondary N) is 1. The molecule has 1 N–H and O–H groups in total. The summed E-state index contributed by atoms with van der Waals surface area (Å²) in [7, 11) is -0.908. The van der Waals surface area contributed by atoms with Crippen molar-refractivity contribution in [2.45, 2.75) is 19.4 Å². The fraction of sp³-hybridized carbons (Fsp3) is 0.278. The average Bonchev–Trinajstić information content (AvgIpc) is 2.60. The number of benzene rings is 2. The predicted octanol–water partition coefficient (Wildman–Crippen LogP) is 3.39. The summed E-state index contributed by atoms with van der Waals surface area (Å²) in [5.41, 5.74) is 0.956. The molecule has 0 heterocycles. The van der Waals surface area contributed by atoms with Crippen molar-refractivity contribution in [3.8, 4) is 0 Å². The molecule has 0 aromatic heterocycles. The molecule has 0 bridgehead atoms. The number of nitro groups is 1. The lowest BCUT2D eigenvalue weighted by Gasteiger charge is -2.15. The van der Waals surface area contributed by atoms with Crippen LogP contribution in [0.5, 0.6) is 0 Å². The molecule has 0 saturated heterocycles. The van der Waals surface area contributed by atoms with Crippen LogP contribution in [-0.4, -0.2) is 33.0 Å². The van der Waals surface area contributed by atoms with Crippen LogP contribution in [0.1, 0.15) is 29.3 Å². The molecule has 0 fully saturated rings. The van der Waals surface area contributed by atoms with E-state index in [4.69, 9.17) is 0 Å². The summed E-state index contributed by atoms with van der Waals surface area (Å²) in [4.78, 5) is 23.3. The minimum Gasteiger partial charge on any atom is -0.377 e. The monoisotopic (exact) mass is 360 g/mol. The Morgan fingerprint density at radius 3 is 2.48 bits per heavy atom. The molecule has 0 aliphatic rings. The van der Waals surface area contributed by atoms with E-state index in [2.05, 4.69) is 5.32 Å². The summed E-state index contributed by atoms with van der Waals surface area (Å²) >= 11 is 0. The summed E-state index contributed by atoms with van der Waals surface area (Å²) < 4.78 is 11.2. The number of carbonyl (C=O) groups is 1. The van der Waals surface area contributed by atoms with Gasteiger partial charge in [-0.15, -0.1) is 0 Å². The van der Waals surface area contributed by atoms with Crippen molar-refractivity contribution >= 4 is 28.0 Å². The minimum absolute atomic E-state index is 0.0710. The van der Waals surface area contributed by atoms with Gasteiger partial charge in [0.2, 0.25) is 0 Å². The Labute approximate surface area is 148 Å². The summed E-state index contributed by atoms with van der Waals surface area (Å²) in [5.74, 6) is 0.261. The maximum Gasteiger partial charge on any atom is 0.293 e. The molecule has 0 aliphatic carbocycles. The molecule has 7 heteroatoms. The van der Waals surface area contributed by atoms with Gasteiger partial charge in [0.1, 0.15) is 5.69 Å². The second kappa shape index (κ2) is 8.53. The van der Waals surface area contributed by atoms with Crippen molar-refractivity contribution in [1.82, 2.24) is 0 Å². The van der Waals surface area contributed by atoms with Crippen molar-refractivity contribution in [2.24, 2.45) is 0 Å². The zero-order valence-corrected chi connectivity index (χ0v) is 14.9. The number of carbonyl (C=O) groups excluding carboxylic acids is 1. The van der Waals surface area contributed by atoms with E-state index in [9.17, 15) is 19.1 Å². The standard InChI is InChI=1S/C18H20N2O4S/c1-13(10-11-25(2)24)19-16-9-8-15(12-17(16)20(22)23)18(21)14-6-4-3-5-7-14/h3-9,12-13,19H,10-11H2,1-2H3/t13-,25+/m0/s1. The molecule has 6 nitrogen and oxygen atoms in total. The minimum atomic E-state index is -0.908. The number of anilines is 1. The molecule has 0 spiro atoms. The van der Waals surface area contributed by atoms with Crippen LogP contribution in [0.25, 0.3) is 0 Å². The molecule has 0 saturated carbocycles. The molecule has 2 atom stereocenters. The molecule has 25 heavy (non-hydrogen) atoms. The third-order valence-corrected chi connectivity index (χ3v) is 4.54. The first kappa shape index (κ1) is 18.8. The largest absolute Gasteiger partial charge is 0.377 e. The first-order valence-electron chi connectivity index (χ1n) is 7.83. The second-order valence-corrected chi connectivity index (χ2v) is 7.35. The lowest BCUT2D eigenvalue weighted by atomic mass is 10.0. The van der Waals surface area contributed by atoms with Gasteiger partial charge in [-0.3, -0.25) is 19.1 Å². The van der Waals surface area contributed by atoms with Gasteiger partial charge in [0.25, 0.3) is 5.69 Å². The van der Waals surface area contributed by atoms with Crippen molar-refractivity contribution in [3.05, 3.63) is 69.8 Å². The van der Waals surface area contributed by atoms with Crippen LogP contribution >= 0.6 is 0 Å². The third-order valence-electron chi connectivity index (χ3n) is 3.73. The van der Waals surface area contributed by atoms with Gasteiger partial charge in [0.05, 0.1) is 4.92 Å². The van der Waals surface area contributed by atoms with E-state index < -0.39 is 15.7 Å².